The molecular weight excluding hydrogens is 564 g/mol. The molecule has 1 aliphatic heterocycles. The van der Waals surface area contributed by atoms with Crippen molar-refractivity contribution in [3.63, 3.8) is 0 Å². The summed E-state index contributed by atoms with van der Waals surface area (Å²) in [6, 6.07) is 6.03. The van der Waals surface area contributed by atoms with Crippen LogP contribution in [-0.2, 0) is 17.8 Å². The SMILES string of the molecule is CNc1nccc(Sc2cnc(N3CCC4(CC3)Cc3ncccc3[C@H]4N[S@+]([O-])C(C)(C)C)n3ccnc23)c1Cl. The molecule has 1 fully saturated rings. The highest BCUT2D eigenvalue weighted by Gasteiger charge is 2.51. The number of halogens is 1. The van der Waals surface area contributed by atoms with Crippen molar-refractivity contribution in [3.8, 4) is 0 Å². The lowest BCUT2D eigenvalue weighted by Crippen LogP contribution is -2.50. The molecule has 9 nitrogen and oxygen atoms in total. The second-order valence-electron chi connectivity index (χ2n) is 11.4. The molecule has 210 valence electrons. The Morgan fingerprint density at radius 2 is 1.88 bits per heavy atom. The fraction of sp³-hybridized carbons (Fsp3) is 0.429. The number of imidazole rings is 1. The molecule has 4 aromatic rings. The van der Waals surface area contributed by atoms with E-state index >= 15 is 0 Å². The zero-order valence-electron chi connectivity index (χ0n) is 23.0. The minimum absolute atomic E-state index is 0.00557. The molecule has 2 aliphatic rings. The first kappa shape index (κ1) is 27.6. The van der Waals surface area contributed by atoms with Crippen molar-refractivity contribution in [2.45, 2.75) is 60.6 Å². The van der Waals surface area contributed by atoms with Gasteiger partial charge in [0, 0.05) is 78.5 Å². The first-order chi connectivity index (χ1) is 19.2. The number of piperidine rings is 1. The highest BCUT2D eigenvalue weighted by atomic mass is 35.5. The molecule has 0 amide bonds. The van der Waals surface area contributed by atoms with Crippen LogP contribution in [0.25, 0.3) is 5.65 Å². The second kappa shape index (κ2) is 10.7. The van der Waals surface area contributed by atoms with Gasteiger partial charge in [0.05, 0.1) is 16.0 Å². The molecular formula is C28H33ClN8OS2. The Balaban J connectivity index is 1.25. The van der Waals surface area contributed by atoms with E-state index in [2.05, 4.69) is 35.4 Å². The number of fused-ring (bicyclic) bond motifs is 2. The maximum Gasteiger partial charge on any atom is 0.211 e. The molecule has 1 aliphatic carbocycles. The molecule has 40 heavy (non-hydrogen) atoms. The largest absolute Gasteiger partial charge is 0.598 e. The Hall–Kier alpha value is -2.57. The second-order valence-corrected chi connectivity index (χ2v) is 14.8. The van der Waals surface area contributed by atoms with Crippen LogP contribution in [0.4, 0.5) is 11.8 Å². The van der Waals surface area contributed by atoms with Gasteiger partial charge in [0.1, 0.15) is 10.6 Å². The van der Waals surface area contributed by atoms with Crippen LogP contribution in [0, 0.1) is 5.41 Å². The molecule has 4 aromatic heterocycles. The van der Waals surface area contributed by atoms with Crippen LogP contribution in [0.5, 0.6) is 0 Å². The third-order valence-corrected chi connectivity index (χ3v) is 11.0. The average Bonchev–Trinajstić information content (AvgIpc) is 3.54. The Bertz CT molecular complexity index is 1530. The van der Waals surface area contributed by atoms with E-state index in [9.17, 15) is 4.55 Å². The van der Waals surface area contributed by atoms with Gasteiger partial charge in [-0.25, -0.2) is 15.0 Å². The van der Waals surface area contributed by atoms with Gasteiger partial charge >= 0.3 is 0 Å². The Morgan fingerprint density at radius 1 is 1.07 bits per heavy atom. The van der Waals surface area contributed by atoms with Gasteiger partial charge in [0.25, 0.3) is 0 Å². The number of hydrogen-bond acceptors (Lipinski definition) is 9. The lowest BCUT2D eigenvalue weighted by molar-refractivity contribution is 0.175. The zero-order valence-corrected chi connectivity index (χ0v) is 25.4. The lowest BCUT2D eigenvalue weighted by atomic mass is 9.73. The van der Waals surface area contributed by atoms with Crippen LogP contribution in [0.2, 0.25) is 5.02 Å². The first-order valence-electron chi connectivity index (χ1n) is 13.4. The van der Waals surface area contributed by atoms with Gasteiger partial charge in [-0.05, 0) is 57.7 Å². The van der Waals surface area contributed by atoms with E-state index in [1.165, 1.54) is 17.3 Å². The minimum atomic E-state index is -1.18. The van der Waals surface area contributed by atoms with Gasteiger partial charge in [-0.2, -0.15) is 0 Å². The average molecular weight is 597 g/mol. The first-order valence-corrected chi connectivity index (χ1v) is 15.7. The van der Waals surface area contributed by atoms with Gasteiger partial charge in [0.15, 0.2) is 5.65 Å². The summed E-state index contributed by atoms with van der Waals surface area (Å²) in [7, 11) is 1.80. The summed E-state index contributed by atoms with van der Waals surface area (Å²) in [5.74, 6) is 1.51. The van der Waals surface area contributed by atoms with E-state index in [0.29, 0.717) is 10.8 Å². The predicted octanol–water partition coefficient (Wildman–Crippen LogP) is 5.30. The Labute approximate surface area is 246 Å². The summed E-state index contributed by atoms with van der Waals surface area (Å²) in [6.45, 7) is 7.70. The standard InChI is InChI=1S/C28H33ClN8OS2/c1-27(2,3)40(38)35-23-18-6-5-10-31-19(18)16-28(23)8-13-36(14-9-28)26-34-17-21(25-33-12-15-37(25)26)39-20-7-11-32-24(30-4)22(20)29/h5-7,10-12,15,17,23,35H,8-9,13-14,16H2,1-4H3,(H,30,32)/t23-,40-/m1/s1. The van der Waals surface area contributed by atoms with Crippen molar-refractivity contribution in [1.82, 2.24) is 29.1 Å². The van der Waals surface area contributed by atoms with Crippen molar-refractivity contribution in [1.29, 1.82) is 0 Å². The van der Waals surface area contributed by atoms with Crippen molar-refractivity contribution in [3.05, 3.63) is 65.5 Å². The Morgan fingerprint density at radius 3 is 2.62 bits per heavy atom. The molecule has 0 bridgehead atoms. The van der Waals surface area contributed by atoms with Crippen LogP contribution in [0.3, 0.4) is 0 Å². The van der Waals surface area contributed by atoms with Gasteiger partial charge < -0.3 is 14.8 Å². The Kier molecular flexibility index (Phi) is 7.37. The summed E-state index contributed by atoms with van der Waals surface area (Å²) in [6.07, 6.45) is 12.0. The molecule has 6 rings (SSSR count). The van der Waals surface area contributed by atoms with Crippen LogP contribution >= 0.6 is 23.4 Å². The third kappa shape index (κ3) is 4.92. The molecule has 1 spiro atoms. The molecule has 1 saturated heterocycles. The smallest absolute Gasteiger partial charge is 0.211 e. The van der Waals surface area contributed by atoms with E-state index in [1.54, 1.807) is 13.2 Å². The fourth-order valence-electron chi connectivity index (χ4n) is 5.70. The summed E-state index contributed by atoms with van der Waals surface area (Å²) in [5.41, 5.74) is 3.10. The van der Waals surface area contributed by atoms with Crippen molar-refractivity contribution in [2.75, 3.05) is 30.4 Å². The van der Waals surface area contributed by atoms with Crippen molar-refractivity contribution in [2.24, 2.45) is 5.41 Å². The zero-order chi connectivity index (χ0) is 28.1. The number of pyridine rings is 2. The molecule has 0 unspecified atom stereocenters. The number of anilines is 2. The van der Waals surface area contributed by atoms with Gasteiger partial charge in [-0.15, -0.1) is 4.72 Å². The lowest BCUT2D eigenvalue weighted by Gasteiger charge is -2.44. The maximum absolute atomic E-state index is 13.2. The van der Waals surface area contributed by atoms with Crippen LogP contribution < -0.4 is 14.9 Å². The summed E-state index contributed by atoms with van der Waals surface area (Å²) in [5, 5.41) is 3.60. The van der Waals surface area contributed by atoms with E-state index in [4.69, 9.17) is 21.6 Å². The predicted molar refractivity (Wildman–Crippen MR) is 161 cm³/mol. The summed E-state index contributed by atoms with van der Waals surface area (Å²) < 4.78 is 18.4. The van der Waals surface area contributed by atoms with Crippen LogP contribution in [0.15, 0.2) is 59.0 Å². The van der Waals surface area contributed by atoms with E-state index in [-0.39, 0.29) is 16.2 Å². The van der Waals surface area contributed by atoms with E-state index < -0.39 is 11.4 Å². The molecule has 12 heteroatoms. The normalized spacial score (nSPS) is 19.2. The third-order valence-electron chi connectivity index (χ3n) is 7.88. The molecule has 0 aromatic carbocycles. The van der Waals surface area contributed by atoms with Crippen molar-refractivity contribution < 1.29 is 4.55 Å². The highest BCUT2D eigenvalue weighted by molar-refractivity contribution is 7.99. The van der Waals surface area contributed by atoms with Gasteiger partial charge in [-0.3, -0.25) is 9.38 Å². The van der Waals surface area contributed by atoms with E-state index in [0.717, 1.165) is 59.4 Å². The molecule has 0 radical (unpaired) electrons. The molecule has 2 N–H and O–H groups in total. The van der Waals surface area contributed by atoms with Crippen LogP contribution in [0.1, 0.15) is 50.9 Å². The molecule has 2 atom stereocenters. The quantitative estimate of drug-likeness (QED) is 0.287. The number of rotatable bonds is 6. The van der Waals surface area contributed by atoms with Crippen LogP contribution in [-0.4, -0.2) is 53.8 Å². The van der Waals surface area contributed by atoms with Crippen molar-refractivity contribution >= 4 is 52.1 Å². The van der Waals surface area contributed by atoms with Gasteiger partial charge in [0.2, 0.25) is 5.95 Å². The highest BCUT2D eigenvalue weighted by Crippen LogP contribution is 2.52. The van der Waals surface area contributed by atoms with Gasteiger partial charge in [-0.1, -0.05) is 29.4 Å². The topological polar surface area (TPSA) is 106 Å². The molecule has 5 heterocycles. The number of nitrogens with zero attached hydrogens (tertiary/aromatic N) is 6. The number of hydrogen-bond donors (Lipinski definition) is 2. The molecule has 0 saturated carbocycles. The number of aromatic nitrogens is 5. The number of nitrogens with one attached hydrogen (secondary N) is 2. The fourth-order valence-corrected chi connectivity index (χ4v) is 7.87. The summed E-state index contributed by atoms with van der Waals surface area (Å²) >= 11 is 6.92. The van der Waals surface area contributed by atoms with E-state index in [1.807, 2.05) is 57.7 Å². The minimum Gasteiger partial charge on any atom is -0.598 e. The monoisotopic (exact) mass is 596 g/mol. The summed E-state index contributed by atoms with van der Waals surface area (Å²) in [4.78, 5) is 22.7. The maximum atomic E-state index is 13.2.